The van der Waals surface area contributed by atoms with Gasteiger partial charge >= 0.3 is 5.97 Å². The molecule has 5 nitrogen and oxygen atoms in total. The third kappa shape index (κ3) is 2.50. The number of carbonyl (C=O) groups is 1. The lowest BCUT2D eigenvalue weighted by Gasteiger charge is -2.00. The molecule has 2 aromatic rings. The van der Waals surface area contributed by atoms with Crippen molar-refractivity contribution in [3.8, 4) is 5.82 Å². The molecule has 0 spiro atoms. The van der Waals surface area contributed by atoms with E-state index in [0.717, 1.165) is 5.56 Å². The summed E-state index contributed by atoms with van der Waals surface area (Å²) in [5.41, 5.74) is 1.36. The largest absolute Gasteiger partial charge is 0.461 e. The molecule has 0 bridgehead atoms. The zero-order chi connectivity index (χ0) is 12.3. The fraction of sp³-hybridized carbons (Fsp3) is 0.250. The Morgan fingerprint density at radius 3 is 2.88 bits per heavy atom. The molecule has 0 aliphatic carbocycles. The first-order chi connectivity index (χ1) is 8.20. The molecule has 2 aromatic heterocycles. The maximum absolute atomic E-state index is 11.4. The Hall–Kier alpha value is -2.17. The highest BCUT2D eigenvalue weighted by Gasteiger charge is 2.10. The number of aromatic nitrogens is 3. The summed E-state index contributed by atoms with van der Waals surface area (Å²) in [6, 6.07) is 5.39. The van der Waals surface area contributed by atoms with Gasteiger partial charge in [-0.05, 0) is 31.5 Å². The van der Waals surface area contributed by atoms with Crippen LogP contribution in [0.5, 0.6) is 0 Å². The van der Waals surface area contributed by atoms with Gasteiger partial charge in [0.1, 0.15) is 0 Å². The molecule has 88 valence electrons. The summed E-state index contributed by atoms with van der Waals surface area (Å²) in [6.07, 6.45) is 3.44. The molecule has 0 unspecified atom stereocenters. The van der Waals surface area contributed by atoms with E-state index in [-0.39, 0.29) is 5.69 Å². The molecule has 0 N–H and O–H groups in total. The van der Waals surface area contributed by atoms with Gasteiger partial charge in [0.05, 0.1) is 6.61 Å². The lowest BCUT2D eigenvalue weighted by atomic mass is 10.3. The van der Waals surface area contributed by atoms with Crippen LogP contribution in [0.4, 0.5) is 0 Å². The summed E-state index contributed by atoms with van der Waals surface area (Å²) >= 11 is 0. The molecule has 0 amide bonds. The molecule has 0 fully saturated rings. The normalized spacial score (nSPS) is 10.2. The molecule has 0 aromatic carbocycles. The number of carbonyl (C=O) groups excluding carboxylic acids is 1. The van der Waals surface area contributed by atoms with Gasteiger partial charge in [0.25, 0.3) is 0 Å². The second kappa shape index (κ2) is 4.78. The Balaban J connectivity index is 2.23. The number of hydrogen-bond acceptors (Lipinski definition) is 4. The van der Waals surface area contributed by atoms with Crippen LogP contribution in [0.25, 0.3) is 5.82 Å². The van der Waals surface area contributed by atoms with E-state index < -0.39 is 5.97 Å². The van der Waals surface area contributed by atoms with Gasteiger partial charge < -0.3 is 4.74 Å². The predicted molar refractivity (Wildman–Crippen MR) is 62.1 cm³/mol. The van der Waals surface area contributed by atoms with E-state index in [1.165, 1.54) is 0 Å². The number of ether oxygens (including phenoxy) is 1. The van der Waals surface area contributed by atoms with Crippen LogP contribution >= 0.6 is 0 Å². The summed E-state index contributed by atoms with van der Waals surface area (Å²) in [5, 5.41) is 4.11. The highest BCUT2D eigenvalue weighted by Crippen LogP contribution is 2.06. The number of nitrogens with zero attached hydrogens (tertiary/aromatic N) is 3. The maximum Gasteiger partial charge on any atom is 0.358 e. The predicted octanol–water partition coefficient (Wildman–Crippen LogP) is 1.75. The van der Waals surface area contributed by atoms with Gasteiger partial charge in [-0.2, -0.15) is 5.10 Å². The molecule has 0 saturated carbocycles. The first kappa shape index (κ1) is 11.3. The number of esters is 1. The molecule has 17 heavy (non-hydrogen) atoms. The zero-order valence-corrected chi connectivity index (χ0v) is 9.75. The summed E-state index contributed by atoms with van der Waals surface area (Å²) in [5.74, 6) is 0.254. The maximum atomic E-state index is 11.4. The van der Waals surface area contributed by atoms with Crippen LogP contribution in [0.1, 0.15) is 23.0 Å². The van der Waals surface area contributed by atoms with Crippen LogP contribution in [0, 0.1) is 6.92 Å². The van der Waals surface area contributed by atoms with Crippen molar-refractivity contribution in [3.05, 3.63) is 41.9 Å². The highest BCUT2D eigenvalue weighted by molar-refractivity contribution is 5.87. The number of aryl methyl sites for hydroxylation is 1. The Bertz CT molecular complexity index is 517. The van der Waals surface area contributed by atoms with Gasteiger partial charge in [-0.25, -0.2) is 14.5 Å². The second-order valence-electron chi connectivity index (χ2n) is 3.56. The summed E-state index contributed by atoms with van der Waals surface area (Å²) in [4.78, 5) is 15.6. The Morgan fingerprint density at radius 1 is 1.41 bits per heavy atom. The van der Waals surface area contributed by atoms with Gasteiger partial charge in [-0.15, -0.1) is 0 Å². The average Bonchev–Trinajstić information content (AvgIpc) is 2.80. The molecular weight excluding hydrogens is 218 g/mol. The van der Waals surface area contributed by atoms with Crippen LogP contribution in [0.15, 0.2) is 30.6 Å². The monoisotopic (exact) mass is 231 g/mol. The van der Waals surface area contributed by atoms with Crippen molar-refractivity contribution in [2.75, 3.05) is 6.61 Å². The van der Waals surface area contributed by atoms with E-state index in [0.29, 0.717) is 12.4 Å². The Kier molecular flexibility index (Phi) is 3.18. The lowest BCUT2D eigenvalue weighted by molar-refractivity contribution is 0.0519. The van der Waals surface area contributed by atoms with Gasteiger partial charge in [-0.3, -0.25) is 0 Å². The van der Waals surface area contributed by atoms with Crippen molar-refractivity contribution in [1.82, 2.24) is 14.8 Å². The van der Waals surface area contributed by atoms with Crippen molar-refractivity contribution in [2.24, 2.45) is 0 Å². The molecule has 2 heterocycles. The van der Waals surface area contributed by atoms with Crippen LogP contribution in [0.2, 0.25) is 0 Å². The SMILES string of the molecule is CCOC(=O)c1ccn(-c2ccc(C)cn2)n1. The molecule has 0 aliphatic rings. The van der Waals surface area contributed by atoms with Crippen LogP contribution in [0.3, 0.4) is 0 Å². The number of rotatable bonds is 3. The van der Waals surface area contributed by atoms with Gasteiger partial charge in [0, 0.05) is 12.4 Å². The van der Waals surface area contributed by atoms with Crippen molar-refractivity contribution < 1.29 is 9.53 Å². The third-order valence-electron chi connectivity index (χ3n) is 2.20. The fourth-order valence-corrected chi connectivity index (χ4v) is 1.36. The standard InChI is InChI=1S/C12H13N3O2/c1-3-17-12(16)10-6-7-15(14-10)11-5-4-9(2)8-13-11/h4-8H,3H2,1-2H3. The molecular formula is C12H13N3O2. The number of pyridine rings is 1. The molecule has 0 aliphatic heterocycles. The Labute approximate surface area is 99.1 Å². The minimum Gasteiger partial charge on any atom is -0.461 e. The van der Waals surface area contributed by atoms with E-state index in [4.69, 9.17) is 4.74 Å². The number of hydrogen-bond donors (Lipinski definition) is 0. The second-order valence-corrected chi connectivity index (χ2v) is 3.56. The lowest BCUT2D eigenvalue weighted by Crippen LogP contribution is -2.07. The molecule has 2 rings (SSSR count). The Morgan fingerprint density at radius 2 is 2.24 bits per heavy atom. The van der Waals surface area contributed by atoms with Crippen molar-refractivity contribution >= 4 is 5.97 Å². The van der Waals surface area contributed by atoms with Crippen LogP contribution < -0.4 is 0 Å². The molecule has 0 saturated heterocycles. The van der Waals surface area contributed by atoms with Gasteiger partial charge in [0.2, 0.25) is 0 Å². The topological polar surface area (TPSA) is 57.0 Å². The zero-order valence-electron chi connectivity index (χ0n) is 9.75. The minimum absolute atomic E-state index is 0.286. The third-order valence-corrected chi connectivity index (χ3v) is 2.20. The van der Waals surface area contributed by atoms with Crippen LogP contribution in [-0.2, 0) is 4.74 Å². The summed E-state index contributed by atoms with van der Waals surface area (Å²) < 4.78 is 6.41. The molecule has 0 atom stereocenters. The quantitative estimate of drug-likeness (QED) is 0.755. The first-order valence-electron chi connectivity index (χ1n) is 5.36. The van der Waals surface area contributed by atoms with Gasteiger partial charge in [0.15, 0.2) is 11.5 Å². The van der Waals surface area contributed by atoms with E-state index >= 15 is 0 Å². The molecule has 5 heteroatoms. The van der Waals surface area contributed by atoms with Crippen LogP contribution in [-0.4, -0.2) is 27.3 Å². The minimum atomic E-state index is -0.418. The van der Waals surface area contributed by atoms with E-state index in [2.05, 4.69) is 10.1 Å². The van der Waals surface area contributed by atoms with Crippen molar-refractivity contribution in [1.29, 1.82) is 0 Å². The van der Waals surface area contributed by atoms with Crippen molar-refractivity contribution in [3.63, 3.8) is 0 Å². The van der Waals surface area contributed by atoms with Crippen molar-refractivity contribution in [2.45, 2.75) is 13.8 Å². The average molecular weight is 231 g/mol. The van der Waals surface area contributed by atoms with E-state index in [1.807, 2.05) is 19.1 Å². The van der Waals surface area contributed by atoms with Gasteiger partial charge in [-0.1, -0.05) is 6.07 Å². The smallest absolute Gasteiger partial charge is 0.358 e. The summed E-state index contributed by atoms with van der Waals surface area (Å²) in [6.45, 7) is 4.06. The highest BCUT2D eigenvalue weighted by atomic mass is 16.5. The van der Waals surface area contributed by atoms with E-state index in [1.54, 1.807) is 30.1 Å². The molecule has 0 radical (unpaired) electrons. The fourth-order valence-electron chi connectivity index (χ4n) is 1.36. The first-order valence-corrected chi connectivity index (χ1v) is 5.36. The van der Waals surface area contributed by atoms with E-state index in [9.17, 15) is 4.79 Å². The summed E-state index contributed by atoms with van der Waals surface area (Å²) in [7, 11) is 0.